The normalized spacial score (nSPS) is 10.8. The van der Waals surface area contributed by atoms with E-state index in [0.29, 0.717) is 43.9 Å². The van der Waals surface area contributed by atoms with Crippen molar-refractivity contribution in [2.24, 2.45) is 5.10 Å². The van der Waals surface area contributed by atoms with Gasteiger partial charge in [0, 0.05) is 5.69 Å². The van der Waals surface area contributed by atoms with Crippen molar-refractivity contribution < 1.29 is 19.1 Å². The predicted octanol–water partition coefficient (Wildman–Crippen LogP) is 6.13. The fourth-order valence-electron chi connectivity index (χ4n) is 2.94. The van der Waals surface area contributed by atoms with Crippen molar-refractivity contribution in [3.8, 4) is 11.5 Å². The zero-order chi connectivity index (χ0) is 25.4. The van der Waals surface area contributed by atoms with E-state index in [-0.39, 0.29) is 0 Å². The summed E-state index contributed by atoms with van der Waals surface area (Å²) in [7, 11) is 1.54. The first-order valence-corrected chi connectivity index (χ1v) is 11.9. The van der Waals surface area contributed by atoms with E-state index < -0.39 is 18.2 Å². The van der Waals surface area contributed by atoms with E-state index in [1.807, 2.05) is 31.2 Å². The van der Waals surface area contributed by atoms with Crippen LogP contribution in [-0.4, -0.2) is 25.1 Å². The van der Waals surface area contributed by atoms with Gasteiger partial charge >= 0.3 is 0 Å². The molecule has 0 saturated heterocycles. The summed E-state index contributed by atoms with van der Waals surface area (Å²) < 4.78 is 12.1. The number of nitrogens with zero attached hydrogens (tertiary/aromatic N) is 1. The molecule has 3 aromatic rings. The van der Waals surface area contributed by atoms with E-state index in [1.54, 1.807) is 24.3 Å². The number of anilines is 1. The predicted molar refractivity (Wildman–Crippen MR) is 142 cm³/mol. The lowest BCUT2D eigenvalue weighted by atomic mass is 10.2. The molecular formula is C25H22BrCl2N3O4. The molecule has 182 valence electrons. The first-order valence-electron chi connectivity index (χ1n) is 10.4. The van der Waals surface area contributed by atoms with Gasteiger partial charge in [-0.2, -0.15) is 5.10 Å². The number of nitrogens with one attached hydrogen (secondary N) is 2. The molecule has 0 heterocycles. The number of amides is 2. The summed E-state index contributed by atoms with van der Waals surface area (Å²) in [6.07, 6.45) is 1.02. The Balaban J connectivity index is 1.56. The first kappa shape index (κ1) is 26.5. The molecule has 0 fully saturated rings. The molecule has 3 rings (SSSR count). The molecule has 0 radical (unpaired) electrons. The second kappa shape index (κ2) is 12.6. The molecule has 0 aliphatic rings. The Kier molecular flexibility index (Phi) is 9.54. The number of hydrazone groups is 1. The quantitative estimate of drug-likeness (QED) is 0.181. The molecule has 2 N–H and O–H groups in total. The van der Waals surface area contributed by atoms with Gasteiger partial charge in [0.1, 0.15) is 13.0 Å². The molecule has 0 aromatic heterocycles. The third-order valence-electron chi connectivity index (χ3n) is 4.68. The number of carbonyl (C=O) groups is 2. The summed E-state index contributed by atoms with van der Waals surface area (Å²) in [5.74, 6) is -0.0491. The second-order valence-electron chi connectivity index (χ2n) is 7.46. The van der Waals surface area contributed by atoms with Gasteiger partial charge in [-0.25, -0.2) is 5.43 Å². The van der Waals surface area contributed by atoms with Crippen LogP contribution in [0, 0.1) is 6.92 Å². The molecular weight excluding hydrogens is 557 g/mol. The zero-order valence-corrected chi connectivity index (χ0v) is 22.0. The van der Waals surface area contributed by atoms with Crippen molar-refractivity contribution in [3.05, 3.63) is 85.8 Å². The maximum atomic E-state index is 12.1. The summed E-state index contributed by atoms with van der Waals surface area (Å²) in [6.45, 7) is 2.41. The molecule has 0 unspecified atom stereocenters. The molecule has 3 aromatic carbocycles. The average Bonchev–Trinajstić information content (AvgIpc) is 2.81. The van der Waals surface area contributed by atoms with Crippen LogP contribution in [0.2, 0.25) is 10.0 Å². The van der Waals surface area contributed by atoms with E-state index in [9.17, 15) is 9.59 Å². The lowest BCUT2D eigenvalue weighted by Gasteiger charge is -2.13. The van der Waals surface area contributed by atoms with Gasteiger partial charge < -0.3 is 14.8 Å². The van der Waals surface area contributed by atoms with Gasteiger partial charge in [0.25, 0.3) is 0 Å². The molecule has 0 aliphatic carbocycles. The van der Waals surface area contributed by atoms with Crippen LogP contribution < -0.4 is 20.2 Å². The number of hydrogen-bond acceptors (Lipinski definition) is 5. The molecule has 0 aliphatic heterocycles. The molecule has 2 amide bonds. The van der Waals surface area contributed by atoms with Crippen LogP contribution in [-0.2, 0) is 16.2 Å². The number of halogens is 3. The van der Waals surface area contributed by atoms with Gasteiger partial charge in [0.05, 0.1) is 27.8 Å². The Labute approximate surface area is 221 Å². The van der Waals surface area contributed by atoms with Crippen molar-refractivity contribution in [1.82, 2.24) is 5.43 Å². The smallest absolute Gasteiger partial charge is 0.249 e. The Bertz CT molecular complexity index is 1250. The maximum absolute atomic E-state index is 12.1. The Morgan fingerprint density at radius 2 is 1.77 bits per heavy atom. The van der Waals surface area contributed by atoms with Gasteiger partial charge in [-0.3, -0.25) is 9.59 Å². The monoisotopic (exact) mass is 577 g/mol. The van der Waals surface area contributed by atoms with Crippen molar-refractivity contribution in [2.75, 3.05) is 12.4 Å². The molecule has 0 atom stereocenters. The summed E-state index contributed by atoms with van der Waals surface area (Å²) in [5, 5.41) is 7.15. The number of rotatable bonds is 9. The number of aryl methyl sites for hydroxylation is 1. The zero-order valence-electron chi connectivity index (χ0n) is 18.9. The molecule has 0 spiro atoms. The number of benzene rings is 3. The highest BCUT2D eigenvalue weighted by atomic mass is 79.9. The van der Waals surface area contributed by atoms with Crippen LogP contribution in [0.1, 0.15) is 23.1 Å². The van der Waals surface area contributed by atoms with Gasteiger partial charge in [-0.15, -0.1) is 0 Å². The minimum atomic E-state index is -0.581. The highest BCUT2D eigenvalue weighted by Gasteiger charge is 2.13. The van der Waals surface area contributed by atoms with E-state index in [2.05, 4.69) is 31.8 Å². The molecule has 10 heteroatoms. The number of methoxy groups -OCH3 is 1. The first-order chi connectivity index (χ1) is 16.7. The largest absolute Gasteiger partial charge is 0.493 e. The summed E-state index contributed by atoms with van der Waals surface area (Å²) >= 11 is 15.3. The number of ether oxygens (including phenoxy) is 2. The molecule has 0 bridgehead atoms. The fourth-order valence-corrected chi connectivity index (χ4v) is 3.81. The fraction of sp³-hybridized carbons (Fsp3) is 0.160. The van der Waals surface area contributed by atoms with Crippen LogP contribution in [0.25, 0.3) is 0 Å². The lowest BCUT2D eigenvalue weighted by molar-refractivity contribution is -0.126. The Hall–Kier alpha value is -3.07. The lowest BCUT2D eigenvalue weighted by Crippen LogP contribution is -2.24. The molecule has 7 nitrogen and oxygen atoms in total. The number of hydrogen-bond donors (Lipinski definition) is 2. The number of carbonyl (C=O) groups excluding carboxylic acids is 2. The summed E-state index contributed by atoms with van der Waals surface area (Å²) in [4.78, 5) is 24.1. The van der Waals surface area contributed by atoms with Crippen LogP contribution in [0.15, 0.2) is 64.2 Å². The van der Waals surface area contributed by atoms with Gasteiger partial charge in [-0.1, -0.05) is 53.0 Å². The second-order valence-corrected chi connectivity index (χ2v) is 9.12. The van der Waals surface area contributed by atoms with Crippen LogP contribution in [0.5, 0.6) is 11.5 Å². The van der Waals surface area contributed by atoms with Crippen LogP contribution in [0.3, 0.4) is 0 Å². The third-order valence-corrected chi connectivity index (χ3v) is 6.01. The van der Waals surface area contributed by atoms with Gasteiger partial charge in [0.2, 0.25) is 11.8 Å². The highest BCUT2D eigenvalue weighted by Crippen LogP contribution is 2.37. The van der Waals surface area contributed by atoms with E-state index in [1.165, 1.54) is 25.0 Å². The summed E-state index contributed by atoms with van der Waals surface area (Å²) in [5.41, 5.74) is 5.61. The molecule has 35 heavy (non-hydrogen) atoms. The van der Waals surface area contributed by atoms with Crippen molar-refractivity contribution >= 4 is 62.8 Å². The standard InChI is InChI=1S/C25H22BrCl2N3O4/c1-15-3-5-16(6-4-15)14-35-25-19(26)9-17(10-22(25)34-2)13-29-31-24(33)12-23(32)30-18-7-8-20(27)21(28)11-18/h3-11,13H,12,14H2,1-2H3,(H,30,32)(H,31,33). The Morgan fingerprint density at radius 3 is 2.46 bits per heavy atom. The van der Waals surface area contributed by atoms with Crippen molar-refractivity contribution in [3.63, 3.8) is 0 Å². The van der Waals surface area contributed by atoms with Gasteiger partial charge in [0.15, 0.2) is 11.5 Å². The third kappa shape index (κ3) is 7.99. The van der Waals surface area contributed by atoms with E-state index in [0.717, 1.165) is 5.56 Å². The topological polar surface area (TPSA) is 89.0 Å². The maximum Gasteiger partial charge on any atom is 0.249 e. The van der Waals surface area contributed by atoms with Crippen molar-refractivity contribution in [1.29, 1.82) is 0 Å². The van der Waals surface area contributed by atoms with Crippen LogP contribution >= 0.6 is 39.1 Å². The highest BCUT2D eigenvalue weighted by molar-refractivity contribution is 9.10. The van der Waals surface area contributed by atoms with Crippen molar-refractivity contribution in [2.45, 2.75) is 20.0 Å². The minimum absolute atomic E-state index is 0.298. The van der Waals surface area contributed by atoms with Gasteiger partial charge in [-0.05, 0) is 64.3 Å². The summed E-state index contributed by atoms with van der Waals surface area (Å²) in [6, 6.07) is 16.2. The SMILES string of the molecule is COc1cc(C=NNC(=O)CC(=O)Nc2ccc(Cl)c(Cl)c2)cc(Br)c1OCc1ccc(C)cc1. The van der Waals surface area contributed by atoms with Crippen LogP contribution in [0.4, 0.5) is 5.69 Å². The minimum Gasteiger partial charge on any atom is -0.493 e. The Morgan fingerprint density at radius 1 is 1.03 bits per heavy atom. The average molecular weight is 579 g/mol. The van der Waals surface area contributed by atoms with E-state index >= 15 is 0 Å². The van der Waals surface area contributed by atoms with E-state index in [4.69, 9.17) is 32.7 Å². The molecule has 0 saturated carbocycles.